The molecular weight excluding hydrogens is 777 g/mol. The van der Waals surface area contributed by atoms with Crippen LogP contribution in [-0.2, 0) is 70.6 Å². The van der Waals surface area contributed by atoms with Crippen LogP contribution in [0.1, 0.15) is 16.7 Å². The summed E-state index contributed by atoms with van der Waals surface area (Å²) in [4.78, 5) is 25.6. The van der Waals surface area contributed by atoms with Gasteiger partial charge in [0.1, 0.15) is 23.0 Å². The van der Waals surface area contributed by atoms with Crippen molar-refractivity contribution in [1.29, 1.82) is 0 Å². The number of carboxylic acid groups (broad SMARTS) is 1. The number of nitrogens with zero attached hydrogens (tertiary/aromatic N) is 1. The molecular formula is C18H12NNa5O19S4. The molecule has 1 aliphatic heterocycles. The monoisotopic (exact) mass is 789 g/mol. The summed E-state index contributed by atoms with van der Waals surface area (Å²) in [5.74, 6) is -6.61. The first-order valence-electron chi connectivity index (χ1n) is 10.4. The van der Waals surface area contributed by atoms with E-state index in [1.54, 1.807) is 0 Å². The number of carboxylic acids is 1. The number of carbonyl (C=O) groups excluding carboxylic acids is 2. The predicted molar refractivity (Wildman–Crippen MR) is 121 cm³/mol. The SMILES string of the molecule is O=C([O-])C1Cc2c(OS(=O)(=O)[O-])ccc(OS(=O)(=O)[O-])c2CN1C(=O)Cc1cc(OS(=O)(=O)[O-])ccc1OS(=O)(=O)[O-].[Na+].[Na+].[Na+].[Na+].[Na+]. The molecule has 0 saturated heterocycles. The van der Waals surface area contributed by atoms with Gasteiger partial charge in [0.25, 0.3) is 41.6 Å². The maximum atomic E-state index is 13.2. The Morgan fingerprint density at radius 3 is 1.49 bits per heavy atom. The van der Waals surface area contributed by atoms with Gasteiger partial charge in [-0.1, -0.05) is 0 Å². The third-order valence-electron chi connectivity index (χ3n) is 5.19. The fraction of sp³-hybridized carbons (Fsp3) is 0.222. The van der Waals surface area contributed by atoms with Crippen molar-refractivity contribution >= 4 is 53.5 Å². The van der Waals surface area contributed by atoms with E-state index in [-0.39, 0.29) is 148 Å². The van der Waals surface area contributed by atoms with Crippen LogP contribution in [0.3, 0.4) is 0 Å². The standard InChI is InChI=1S/C18H17NO19S4.5Na/c20-17(6-9-5-10(35-39(23,24)25)1-2-14(9)36-40(26,27)28)19-8-12-11(7-13(19)18(21)22)15(37-41(29,30)31)3-4-16(12)38-42(32,33)34;;;;;/h1-5,13H,6-8H2,(H,21,22)(H,23,24,25)(H,26,27,28)(H,29,30,31)(H,32,33,34);;;;;/q;5*+1/p-5. The second-order valence-electron chi connectivity index (χ2n) is 7.99. The molecule has 2 aromatic carbocycles. The molecule has 47 heavy (non-hydrogen) atoms. The quantitative estimate of drug-likeness (QED) is 0.116. The zero-order valence-electron chi connectivity index (χ0n) is 24.9. The van der Waals surface area contributed by atoms with Gasteiger partial charge in [0.2, 0.25) is 5.91 Å². The van der Waals surface area contributed by atoms with Crippen molar-refractivity contribution in [2.24, 2.45) is 0 Å². The number of rotatable bonds is 11. The minimum atomic E-state index is -5.51. The average molecular weight is 790 g/mol. The molecule has 20 nitrogen and oxygen atoms in total. The molecule has 3 rings (SSSR count). The molecule has 1 amide bonds. The first-order valence-corrected chi connectivity index (χ1v) is 15.7. The molecule has 232 valence electrons. The van der Waals surface area contributed by atoms with Gasteiger partial charge in [-0.25, -0.2) is 33.7 Å². The summed E-state index contributed by atoms with van der Waals surface area (Å²) < 4.78 is 150. The second-order valence-corrected chi connectivity index (χ2v) is 11.9. The topological polar surface area (TPSA) is 326 Å². The maximum absolute atomic E-state index is 13.2. The Kier molecular flexibility index (Phi) is 22.9. The fourth-order valence-electron chi connectivity index (χ4n) is 3.80. The van der Waals surface area contributed by atoms with E-state index in [9.17, 15) is 66.6 Å². The number of carbonyl (C=O) groups is 2. The first kappa shape index (κ1) is 52.6. The first-order chi connectivity index (χ1) is 19.0. The Morgan fingerprint density at radius 2 is 1.06 bits per heavy atom. The van der Waals surface area contributed by atoms with E-state index in [0.717, 1.165) is 0 Å². The Hall–Kier alpha value is 1.22. The normalized spacial score (nSPS) is 14.1. The van der Waals surface area contributed by atoms with Crippen molar-refractivity contribution in [3.05, 3.63) is 47.0 Å². The van der Waals surface area contributed by atoms with Gasteiger partial charge in [-0.05, 0) is 30.3 Å². The van der Waals surface area contributed by atoms with Gasteiger partial charge >= 0.3 is 148 Å². The largest absolute Gasteiger partial charge is 1.00 e. The predicted octanol–water partition coefficient (Wildman–Crippen LogP) is -18.7. The summed E-state index contributed by atoms with van der Waals surface area (Å²) in [5, 5.41) is 11.9. The van der Waals surface area contributed by atoms with Crippen LogP contribution in [-0.4, -0.2) is 74.7 Å². The number of hydrogen-bond acceptors (Lipinski definition) is 19. The number of hydrogen-bond donors (Lipinski definition) is 0. The molecule has 1 aliphatic rings. The molecule has 0 bridgehead atoms. The third kappa shape index (κ3) is 17.1. The van der Waals surface area contributed by atoms with Crippen LogP contribution in [0.15, 0.2) is 30.3 Å². The van der Waals surface area contributed by atoms with E-state index in [2.05, 4.69) is 16.7 Å². The second kappa shape index (κ2) is 20.5. The molecule has 0 radical (unpaired) electrons. The zero-order valence-corrected chi connectivity index (χ0v) is 38.2. The summed E-state index contributed by atoms with van der Waals surface area (Å²) >= 11 is 0. The maximum Gasteiger partial charge on any atom is 1.00 e. The van der Waals surface area contributed by atoms with E-state index in [0.29, 0.717) is 35.2 Å². The Morgan fingerprint density at radius 1 is 0.660 bits per heavy atom. The van der Waals surface area contributed by atoms with Crippen LogP contribution in [0, 0.1) is 0 Å². The van der Waals surface area contributed by atoms with E-state index in [1.807, 2.05) is 0 Å². The number of benzene rings is 2. The van der Waals surface area contributed by atoms with Crippen molar-refractivity contribution in [2.45, 2.75) is 25.4 Å². The van der Waals surface area contributed by atoms with Crippen LogP contribution < -0.4 is 170 Å². The molecule has 0 aliphatic carbocycles. The van der Waals surface area contributed by atoms with Crippen LogP contribution in [0.4, 0.5) is 0 Å². The third-order valence-corrected chi connectivity index (χ3v) is 6.73. The molecule has 2 aromatic rings. The van der Waals surface area contributed by atoms with Gasteiger partial charge in [0.05, 0.1) is 25.0 Å². The van der Waals surface area contributed by atoms with Crippen LogP contribution >= 0.6 is 0 Å². The molecule has 0 fully saturated rings. The smallest absolute Gasteiger partial charge is 0.716 e. The summed E-state index contributed by atoms with van der Waals surface area (Å²) in [5.41, 5.74) is -1.66. The van der Waals surface area contributed by atoms with Gasteiger partial charge in [-0.15, -0.1) is 0 Å². The molecule has 1 unspecified atom stereocenters. The van der Waals surface area contributed by atoms with Crippen molar-refractivity contribution in [3.63, 3.8) is 0 Å². The van der Waals surface area contributed by atoms with Gasteiger partial charge in [-0.2, -0.15) is 0 Å². The number of amides is 1. The molecule has 0 N–H and O–H groups in total. The Bertz CT molecular complexity index is 1890. The van der Waals surface area contributed by atoms with Crippen molar-refractivity contribution in [1.82, 2.24) is 4.90 Å². The fourth-order valence-corrected chi connectivity index (χ4v) is 5.27. The van der Waals surface area contributed by atoms with Gasteiger partial charge in [0, 0.05) is 23.1 Å². The van der Waals surface area contributed by atoms with E-state index in [4.69, 9.17) is 0 Å². The minimum absolute atomic E-state index is 0. The summed E-state index contributed by atoms with van der Waals surface area (Å²) in [6.45, 7) is -0.991. The van der Waals surface area contributed by atoms with Crippen LogP contribution in [0.5, 0.6) is 23.0 Å². The van der Waals surface area contributed by atoms with Gasteiger partial charge < -0.3 is 49.7 Å². The average Bonchev–Trinajstić information content (AvgIpc) is 2.78. The molecule has 29 heteroatoms. The van der Waals surface area contributed by atoms with Crippen LogP contribution in [0.2, 0.25) is 0 Å². The van der Waals surface area contributed by atoms with Gasteiger partial charge in [-0.3, -0.25) is 4.79 Å². The zero-order chi connectivity index (χ0) is 31.8. The van der Waals surface area contributed by atoms with E-state index < -0.39 is 119 Å². The number of aliphatic carboxylic acids is 1. The Balaban J connectivity index is -0.00000387. The summed E-state index contributed by atoms with van der Waals surface area (Å²) in [7, 11) is -21.9. The van der Waals surface area contributed by atoms with Crippen molar-refractivity contribution in [3.8, 4) is 23.0 Å². The summed E-state index contributed by atoms with van der Waals surface area (Å²) in [6.07, 6.45) is -2.04. The molecule has 1 heterocycles. The van der Waals surface area contributed by atoms with Crippen LogP contribution in [0.25, 0.3) is 0 Å². The summed E-state index contributed by atoms with van der Waals surface area (Å²) in [6, 6.07) is 1.17. The van der Waals surface area contributed by atoms with Crippen molar-refractivity contribution < 1.29 is 231 Å². The molecule has 1 atom stereocenters. The van der Waals surface area contributed by atoms with Crippen molar-refractivity contribution in [2.75, 3.05) is 0 Å². The number of fused-ring (bicyclic) bond motifs is 1. The van der Waals surface area contributed by atoms with E-state index >= 15 is 0 Å². The minimum Gasteiger partial charge on any atom is -0.716 e. The molecule has 0 aromatic heterocycles. The van der Waals surface area contributed by atoms with Gasteiger partial charge in [0.15, 0.2) is 0 Å². The van der Waals surface area contributed by atoms with E-state index in [1.165, 1.54) is 0 Å². The molecule has 0 saturated carbocycles. The Labute approximate surface area is 378 Å². The molecule has 0 spiro atoms.